The van der Waals surface area contributed by atoms with E-state index in [1.807, 2.05) is 0 Å². The topological polar surface area (TPSA) is 273 Å². The third-order valence-corrected chi connectivity index (χ3v) is 5.07. The molecule has 0 spiro atoms. The molecule has 4 rings (SSSR count). The minimum atomic E-state index is -1.28. The van der Waals surface area contributed by atoms with Gasteiger partial charge in [0.05, 0.1) is 0 Å². The van der Waals surface area contributed by atoms with E-state index < -0.39 is 23.4 Å². The molecule has 0 heterocycles. The van der Waals surface area contributed by atoms with E-state index in [0.717, 1.165) is 0 Å². The van der Waals surface area contributed by atoms with Crippen LogP contribution in [0.5, 0.6) is 11.5 Å². The molecular weight excluding hydrogens is 452 g/mol. The summed E-state index contributed by atoms with van der Waals surface area (Å²) in [5.41, 5.74) is 0.112. The molecule has 184 valence electrons. The Balaban J connectivity index is 0. The van der Waals surface area contributed by atoms with Crippen LogP contribution in [0.4, 0.5) is 0 Å². The largest absolute Gasteiger partial charge is 0.507 e. The summed E-state index contributed by atoms with van der Waals surface area (Å²) in [7, 11) is 0. The maximum atomic E-state index is 11.6. The van der Waals surface area contributed by atoms with Gasteiger partial charge in [-0.3, -0.25) is 0 Å². The number of fused-ring (bicyclic) bond motifs is 2. The van der Waals surface area contributed by atoms with Crippen molar-refractivity contribution in [3.8, 4) is 11.5 Å². The highest BCUT2D eigenvalue weighted by molar-refractivity contribution is 6.02. The molecule has 0 aliphatic carbocycles. The van der Waals surface area contributed by atoms with Gasteiger partial charge >= 0.3 is 11.9 Å². The second-order valence-electron chi connectivity index (χ2n) is 6.73. The summed E-state index contributed by atoms with van der Waals surface area (Å²) in [5, 5.41) is 42.8. The number of hydrogen-bond donors (Lipinski definition) is 4. The summed E-state index contributed by atoms with van der Waals surface area (Å²) in [4.78, 5) is 23.2. The van der Waals surface area contributed by atoms with Gasteiger partial charge in [0.1, 0.15) is 22.6 Å². The maximum absolute atomic E-state index is 11.6. The molecule has 14 N–H and O–H groups in total. The first kappa shape index (κ1) is 31.9. The summed E-state index contributed by atoms with van der Waals surface area (Å²) in [6.45, 7) is 0. The van der Waals surface area contributed by atoms with Crippen molar-refractivity contribution in [3.63, 3.8) is 0 Å². The number of hydrogen-bond acceptors (Lipinski definition) is 4. The summed E-state index contributed by atoms with van der Waals surface area (Å²) in [6, 6.07) is 16.8. The van der Waals surface area contributed by atoms with Crippen LogP contribution < -0.4 is 0 Å². The van der Waals surface area contributed by atoms with Crippen LogP contribution in [0.25, 0.3) is 21.5 Å². The van der Waals surface area contributed by atoms with Gasteiger partial charge in [-0.15, -0.1) is 0 Å². The Labute approximate surface area is 192 Å². The fourth-order valence-corrected chi connectivity index (χ4v) is 3.68. The van der Waals surface area contributed by atoms with E-state index in [9.17, 15) is 30.0 Å². The lowest BCUT2D eigenvalue weighted by Crippen LogP contribution is -2.04. The average Bonchev–Trinajstić information content (AvgIpc) is 2.70. The van der Waals surface area contributed by atoms with Crippen LogP contribution in [0.1, 0.15) is 31.8 Å². The number of phenols is 2. The first-order valence-electron chi connectivity index (χ1n) is 8.82. The SMILES string of the molecule is O.O.O.O.O.O=C(O)c1cc2ccccc2c(Cc2c(O)c(C(=O)O)cc3ccccc23)c1O. The van der Waals surface area contributed by atoms with Gasteiger partial charge in [0.2, 0.25) is 0 Å². The van der Waals surface area contributed by atoms with Crippen molar-refractivity contribution in [2.75, 3.05) is 0 Å². The standard InChI is InChI=1S/C23H16O6.5H2O/c24-20-16(14-7-3-1-5-12(14)9-18(20)22(26)27)11-17-15-8-4-2-6-13(15)10-19(21(17)25)23(28)29;;;;;/h1-10,24-25H,11H2,(H,26,27)(H,28,29);5*1H2. The highest BCUT2D eigenvalue weighted by atomic mass is 16.4. The van der Waals surface area contributed by atoms with Crippen molar-refractivity contribution in [2.24, 2.45) is 0 Å². The first-order chi connectivity index (χ1) is 13.9. The fourth-order valence-electron chi connectivity index (χ4n) is 3.68. The van der Waals surface area contributed by atoms with Gasteiger partial charge < -0.3 is 47.8 Å². The van der Waals surface area contributed by atoms with Crippen molar-refractivity contribution in [1.29, 1.82) is 0 Å². The van der Waals surface area contributed by atoms with Gasteiger partial charge in [-0.1, -0.05) is 48.5 Å². The molecule has 0 radical (unpaired) electrons. The Morgan fingerprint density at radius 3 is 1.24 bits per heavy atom. The maximum Gasteiger partial charge on any atom is 0.339 e. The minimum Gasteiger partial charge on any atom is -0.507 e. The second kappa shape index (κ2) is 12.1. The van der Waals surface area contributed by atoms with Crippen LogP contribution >= 0.6 is 0 Å². The zero-order valence-corrected chi connectivity index (χ0v) is 17.6. The molecule has 0 atom stereocenters. The molecule has 4 aromatic carbocycles. The number of rotatable bonds is 4. The molecule has 0 bridgehead atoms. The van der Waals surface area contributed by atoms with Crippen LogP contribution in [0, 0.1) is 0 Å². The molecule has 34 heavy (non-hydrogen) atoms. The van der Waals surface area contributed by atoms with Crippen molar-refractivity contribution in [3.05, 3.63) is 82.9 Å². The number of carboxylic acids is 2. The molecule has 0 saturated carbocycles. The average molecular weight is 478 g/mol. The molecular formula is C23H26O11. The smallest absolute Gasteiger partial charge is 0.339 e. The Morgan fingerprint density at radius 2 is 0.912 bits per heavy atom. The predicted molar refractivity (Wildman–Crippen MR) is 126 cm³/mol. The molecule has 4 aromatic rings. The van der Waals surface area contributed by atoms with Crippen LogP contribution in [0.3, 0.4) is 0 Å². The third-order valence-electron chi connectivity index (χ3n) is 5.07. The summed E-state index contributed by atoms with van der Waals surface area (Å²) in [5.74, 6) is -3.36. The monoisotopic (exact) mass is 478 g/mol. The Kier molecular flexibility index (Phi) is 11.4. The number of aromatic hydroxyl groups is 2. The normalized spacial score (nSPS) is 9.41. The lowest BCUT2D eigenvalue weighted by molar-refractivity contribution is 0.0682. The molecule has 0 fully saturated rings. The predicted octanol–water partition coefficient (Wildman–Crippen LogP) is 0.268. The van der Waals surface area contributed by atoms with Crippen LogP contribution in [-0.4, -0.2) is 59.7 Å². The molecule has 0 aromatic heterocycles. The Morgan fingerprint density at radius 1 is 0.588 bits per heavy atom. The van der Waals surface area contributed by atoms with E-state index in [1.54, 1.807) is 48.5 Å². The van der Waals surface area contributed by atoms with Crippen molar-refractivity contribution >= 4 is 33.5 Å². The van der Waals surface area contributed by atoms with E-state index >= 15 is 0 Å². The minimum absolute atomic E-state index is 0. The van der Waals surface area contributed by atoms with Crippen molar-refractivity contribution < 1.29 is 57.4 Å². The summed E-state index contributed by atoms with van der Waals surface area (Å²) in [6.07, 6.45) is -0.0407. The third kappa shape index (κ3) is 5.20. The Bertz CT molecular complexity index is 1210. The molecule has 0 unspecified atom stereocenters. The lowest BCUT2D eigenvalue weighted by Gasteiger charge is -2.16. The van der Waals surface area contributed by atoms with Crippen LogP contribution in [0.15, 0.2) is 60.7 Å². The molecule has 0 saturated heterocycles. The van der Waals surface area contributed by atoms with Gasteiger partial charge in [0.25, 0.3) is 0 Å². The number of carbonyl (C=O) groups is 2. The zero-order valence-electron chi connectivity index (χ0n) is 17.6. The van der Waals surface area contributed by atoms with E-state index in [4.69, 9.17) is 0 Å². The van der Waals surface area contributed by atoms with Gasteiger partial charge in [0.15, 0.2) is 0 Å². The molecule has 0 aliphatic rings. The lowest BCUT2D eigenvalue weighted by atomic mass is 9.90. The fraction of sp³-hybridized carbons (Fsp3) is 0.0435. The number of carboxylic acid groups (broad SMARTS) is 2. The van der Waals surface area contributed by atoms with Crippen LogP contribution in [0.2, 0.25) is 0 Å². The molecule has 0 amide bonds. The van der Waals surface area contributed by atoms with E-state index in [2.05, 4.69) is 0 Å². The summed E-state index contributed by atoms with van der Waals surface area (Å²) < 4.78 is 0. The van der Waals surface area contributed by atoms with Gasteiger partial charge in [0, 0.05) is 17.5 Å². The quantitative estimate of drug-likeness (QED) is 0.319. The molecule has 11 nitrogen and oxygen atoms in total. The van der Waals surface area contributed by atoms with Crippen molar-refractivity contribution in [1.82, 2.24) is 0 Å². The van der Waals surface area contributed by atoms with Gasteiger partial charge in [-0.25, -0.2) is 9.59 Å². The second-order valence-corrected chi connectivity index (χ2v) is 6.73. The molecule has 0 aliphatic heterocycles. The van der Waals surface area contributed by atoms with E-state index in [1.165, 1.54) is 12.1 Å². The van der Waals surface area contributed by atoms with E-state index in [0.29, 0.717) is 32.7 Å². The van der Waals surface area contributed by atoms with Crippen molar-refractivity contribution in [2.45, 2.75) is 6.42 Å². The number of benzene rings is 4. The van der Waals surface area contributed by atoms with Gasteiger partial charge in [-0.05, 0) is 33.7 Å². The van der Waals surface area contributed by atoms with Crippen LogP contribution in [-0.2, 0) is 6.42 Å². The van der Waals surface area contributed by atoms with Gasteiger partial charge in [-0.2, -0.15) is 0 Å². The summed E-state index contributed by atoms with van der Waals surface area (Å²) >= 11 is 0. The molecule has 11 heteroatoms. The highest BCUT2D eigenvalue weighted by Crippen LogP contribution is 2.38. The first-order valence-corrected chi connectivity index (χ1v) is 8.82. The van der Waals surface area contributed by atoms with E-state index in [-0.39, 0.29) is 44.9 Å². The Hall–Kier alpha value is -4.26. The highest BCUT2D eigenvalue weighted by Gasteiger charge is 2.22. The zero-order chi connectivity index (χ0) is 20.7. The number of aromatic carboxylic acids is 2.